The number of thiazole rings is 1. The van der Waals surface area contributed by atoms with Crippen LogP contribution < -0.4 is 10.2 Å². The predicted molar refractivity (Wildman–Crippen MR) is 128 cm³/mol. The lowest BCUT2D eigenvalue weighted by molar-refractivity contribution is -0.118. The molecule has 0 fully saturated rings. The number of benzene rings is 3. The fourth-order valence-electron chi connectivity index (χ4n) is 2.89. The van der Waals surface area contributed by atoms with Crippen molar-refractivity contribution in [3.8, 4) is 5.75 Å². The molecule has 5 nitrogen and oxygen atoms in total. The molecule has 0 aliphatic rings. The maximum Gasteiger partial charge on any atom is 0.250 e. The van der Waals surface area contributed by atoms with Crippen molar-refractivity contribution in [2.75, 3.05) is 5.75 Å². The van der Waals surface area contributed by atoms with Gasteiger partial charge in [0.25, 0.3) is 5.91 Å². The highest BCUT2D eigenvalue weighted by molar-refractivity contribution is 8.01. The van der Waals surface area contributed by atoms with Gasteiger partial charge in [0.05, 0.1) is 22.2 Å². The molecule has 0 saturated carbocycles. The summed E-state index contributed by atoms with van der Waals surface area (Å²) in [6.07, 6.45) is 1.60. The van der Waals surface area contributed by atoms with Crippen molar-refractivity contribution in [1.29, 1.82) is 0 Å². The van der Waals surface area contributed by atoms with Gasteiger partial charge in [0, 0.05) is 5.56 Å². The number of aromatic nitrogens is 1. The lowest BCUT2D eigenvalue weighted by Crippen LogP contribution is -2.19. The third-order valence-corrected chi connectivity index (χ3v) is 6.74. The third kappa shape index (κ3) is 5.71. The summed E-state index contributed by atoms with van der Waals surface area (Å²) in [6.45, 7) is 2.54. The molecule has 0 aliphatic carbocycles. The second kappa shape index (κ2) is 10.2. The van der Waals surface area contributed by atoms with Crippen LogP contribution in [0.4, 0.5) is 0 Å². The number of fused-ring (bicyclic) bond motifs is 1. The molecule has 1 N–H and O–H groups in total. The number of nitrogens with zero attached hydrogens (tertiary/aromatic N) is 2. The van der Waals surface area contributed by atoms with Crippen molar-refractivity contribution >= 4 is 45.4 Å². The Hall–Kier alpha value is -3.16. The van der Waals surface area contributed by atoms with Crippen molar-refractivity contribution < 1.29 is 9.53 Å². The average molecular weight is 448 g/mol. The van der Waals surface area contributed by atoms with E-state index in [1.54, 1.807) is 17.6 Å². The van der Waals surface area contributed by atoms with E-state index in [4.69, 9.17) is 4.74 Å². The summed E-state index contributed by atoms with van der Waals surface area (Å²) < 4.78 is 7.97. The van der Waals surface area contributed by atoms with E-state index in [9.17, 15) is 4.79 Å². The zero-order valence-corrected chi connectivity index (χ0v) is 18.6. The Balaban J connectivity index is 1.31. The topological polar surface area (TPSA) is 63.6 Å². The molecular weight excluding hydrogens is 426 g/mol. The number of thioether (sulfide) groups is 1. The fourth-order valence-corrected chi connectivity index (χ4v) is 4.75. The molecule has 0 spiro atoms. The van der Waals surface area contributed by atoms with Crippen LogP contribution in [0, 0.1) is 6.92 Å². The Bertz CT molecular complexity index is 1190. The van der Waals surface area contributed by atoms with Crippen LogP contribution in [0.15, 0.2) is 82.2 Å². The van der Waals surface area contributed by atoms with Crippen LogP contribution in [-0.4, -0.2) is 22.9 Å². The average Bonchev–Trinajstić information content (AvgIpc) is 3.21. The Morgan fingerprint density at radius 1 is 1.10 bits per heavy atom. The summed E-state index contributed by atoms with van der Waals surface area (Å²) >= 11 is 2.99. The third-order valence-electron chi connectivity index (χ3n) is 4.56. The molecule has 1 amide bonds. The summed E-state index contributed by atoms with van der Waals surface area (Å²) in [5.74, 6) is 0.786. The minimum atomic E-state index is -0.182. The number of hydrazone groups is 1. The van der Waals surface area contributed by atoms with Crippen LogP contribution in [0.1, 0.15) is 16.7 Å². The normalized spacial score (nSPS) is 11.1. The van der Waals surface area contributed by atoms with Crippen LogP contribution in [0.5, 0.6) is 5.75 Å². The standard InChI is InChI=1S/C24H21N3O2S2/c1-17-8-2-3-10-19(17)15-29-21-12-6-4-9-18(21)14-25-27-23(28)16-30-24-26-20-11-5-7-13-22(20)31-24/h2-14H,15-16H2,1H3,(H,27,28)/b25-14+. The molecule has 0 radical (unpaired) electrons. The van der Waals surface area contributed by atoms with Gasteiger partial charge < -0.3 is 4.74 Å². The van der Waals surface area contributed by atoms with Gasteiger partial charge >= 0.3 is 0 Å². The Morgan fingerprint density at radius 2 is 1.87 bits per heavy atom. The molecule has 1 aromatic heterocycles. The Labute approximate surface area is 189 Å². The number of amides is 1. The number of ether oxygens (including phenoxy) is 1. The lowest BCUT2D eigenvalue weighted by Gasteiger charge is -2.10. The largest absolute Gasteiger partial charge is 0.488 e. The van der Waals surface area contributed by atoms with Crippen LogP contribution in [0.2, 0.25) is 0 Å². The Kier molecular flexibility index (Phi) is 6.96. The van der Waals surface area contributed by atoms with Crippen molar-refractivity contribution in [3.63, 3.8) is 0 Å². The predicted octanol–water partition coefficient (Wildman–Crippen LogP) is 5.43. The summed E-state index contributed by atoms with van der Waals surface area (Å²) in [6, 6.07) is 23.7. The van der Waals surface area contributed by atoms with E-state index in [1.165, 1.54) is 17.3 Å². The van der Waals surface area contributed by atoms with Crippen LogP contribution in [0.25, 0.3) is 10.2 Å². The van der Waals surface area contributed by atoms with E-state index in [1.807, 2.05) is 60.7 Å². The molecule has 3 aromatic carbocycles. The minimum Gasteiger partial charge on any atom is -0.488 e. The second-order valence-electron chi connectivity index (χ2n) is 6.78. The van der Waals surface area contributed by atoms with E-state index >= 15 is 0 Å². The van der Waals surface area contributed by atoms with E-state index in [-0.39, 0.29) is 11.7 Å². The fraction of sp³-hybridized carbons (Fsp3) is 0.125. The summed E-state index contributed by atoms with van der Waals surface area (Å²) in [5, 5.41) is 4.09. The van der Waals surface area contributed by atoms with Crippen LogP contribution in [0.3, 0.4) is 0 Å². The molecule has 0 saturated heterocycles. The Morgan fingerprint density at radius 3 is 2.74 bits per heavy atom. The quantitative estimate of drug-likeness (QED) is 0.222. The molecule has 0 bridgehead atoms. The van der Waals surface area contributed by atoms with E-state index < -0.39 is 0 Å². The first-order valence-electron chi connectivity index (χ1n) is 9.75. The van der Waals surface area contributed by atoms with Crippen molar-refractivity contribution in [2.45, 2.75) is 17.9 Å². The maximum atomic E-state index is 12.2. The van der Waals surface area contributed by atoms with Crippen LogP contribution >= 0.6 is 23.1 Å². The highest BCUT2D eigenvalue weighted by Gasteiger charge is 2.07. The first-order valence-corrected chi connectivity index (χ1v) is 11.6. The van der Waals surface area contributed by atoms with Gasteiger partial charge in [0.1, 0.15) is 12.4 Å². The van der Waals surface area contributed by atoms with Gasteiger partial charge in [0.2, 0.25) is 0 Å². The number of rotatable bonds is 8. The number of nitrogens with one attached hydrogen (secondary N) is 1. The molecule has 0 unspecified atom stereocenters. The summed E-state index contributed by atoms with van der Waals surface area (Å²) in [5.41, 5.74) is 6.65. The number of hydrogen-bond acceptors (Lipinski definition) is 6. The highest BCUT2D eigenvalue weighted by atomic mass is 32.2. The highest BCUT2D eigenvalue weighted by Crippen LogP contribution is 2.29. The SMILES string of the molecule is Cc1ccccc1COc1ccccc1/C=N/NC(=O)CSc1nc2ccccc2s1. The molecule has 4 rings (SSSR count). The smallest absolute Gasteiger partial charge is 0.250 e. The van der Waals surface area contributed by atoms with Gasteiger partial charge in [-0.15, -0.1) is 11.3 Å². The summed E-state index contributed by atoms with van der Waals surface area (Å²) in [4.78, 5) is 16.7. The lowest BCUT2D eigenvalue weighted by atomic mass is 10.1. The molecule has 0 aliphatic heterocycles. The van der Waals surface area contributed by atoms with Crippen LogP contribution in [-0.2, 0) is 11.4 Å². The first kappa shape index (κ1) is 21.1. The molecule has 156 valence electrons. The van der Waals surface area contributed by atoms with Crippen molar-refractivity contribution in [3.05, 3.63) is 89.5 Å². The molecule has 1 heterocycles. The number of carbonyl (C=O) groups excluding carboxylic acids is 1. The molecule has 7 heteroatoms. The minimum absolute atomic E-state index is 0.182. The molecule has 31 heavy (non-hydrogen) atoms. The van der Waals surface area contributed by atoms with Gasteiger partial charge in [0.15, 0.2) is 4.34 Å². The van der Waals surface area contributed by atoms with Gasteiger partial charge in [-0.1, -0.05) is 60.3 Å². The number of para-hydroxylation sites is 2. The second-order valence-corrected chi connectivity index (χ2v) is 9.04. The zero-order valence-electron chi connectivity index (χ0n) is 16.9. The molecular formula is C24H21N3O2S2. The van der Waals surface area contributed by atoms with E-state index in [0.29, 0.717) is 12.4 Å². The van der Waals surface area contributed by atoms with Crippen molar-refractivity contribution in [1.82, 2.24) is 10.4 Å². The van der Waals surface area contributed by atoms with Gasteiger partial charge in [-0.25, -0.2) is 10.4 Å². The van der Waals surface area contributed by atoms with E-state index in [0.717, 1.165) is 25.7 Å². The monoisotopic (exact) mass is 447 g/mol. The number of hydrogen-bond donors (Lipinski definition) is 1. The van der Waals surface area contributed by atoms with Gasteiger partial charge in [-0.3, -0.25) is 4.79 Å². The zero-order chi connectivity index (χ0) is 21.5. The van der Waals surface area contributed by atoms with E-state index in [2.05, 4.69) is 34.6 Å². The number of carbonyl (C=O) groups is 1. The van der Waals surface area contributed by atoms with Gasteiger partial charge in [-0.2, -0.15) is 5.10 Å². The maximum absolute atomic E-state index is 12.2. The molecule has 0 atom stereocenters. The van der Waals surface area contributed by atoms with Crippen molar-refractivity contribution in [2.24, 2.45) is 5.10 Å². The van der Waals surface area contributed by atoms with Gasteiger partial charge in [-0.05, 0) is 42.3 Å². The molecule has 4 aromatic rings. The first-order chi connectivity index (χ1) is 15.2. The summed E-state index contributed by atoms with van der Waals surface area (Å²) in [7, 11) is 0. The number of aryl methyl sites for hydroxylation is 1.